The average Bonchev–Trinajstić information content (AvgIpc) is 3.27. The third-order valence-corrected chi connectivity index (χ3v) is 4.92. The number of esters is 1. The molecule has 1 heterocycles. The summed E-state index contributed by atoms with van der Waals surface area (Å²) in [6, 6.07) is 27.0. The van der Waals surface area contributed by atoms with Crippen molar-refractivity contribution >= 4 is 23.2 Å². The molecule has 0 saturated carbocycles. The number of allylic oxidation sites excluding steroid dienone is 1. The van der Waals surface area contributed by atoms with Crippen molar-refractivity contribution in [2.75, 3.05) is 14.2 Å². The van der Waals surface area contributed by atoms with Crippen LogP contribution in [0.5, 0.6) is 5.75 Å². The van der Waals surface area contributed by atoms with Crippen molar-refractivity contribution in [2.24, 2.45) is 10.2 Å². The summed E-state index contributed by atoms with van der Waals surface area (Å²) in [5.74, 6) is 0.994. The second-order valence-corrected chi connectivity index (χ2v) is 7.04. The minimum atomic E-state index is -0.544. The fraction of sp³-hybridized carbons (Fsp3) is 0.0741. The average molecular weight is 438 g/mol. The predicted octanol–water partition coefficient (Wildman–Crippen LogP) is 5.02. The lowest BCUT2D eigenvalue weighted by atomic mass is 10.0. The molecule has 0 bridgehead atoms. The number of methoxy groups -OCH3 is 2. The van der Waals surface area contributed by atoms with Crippen LogP contribution in [-0.4, -0.2) is 31.6 Å². The Morgan fingerprint density at radius 1 is 0.848 bits per heavy atom. The van der Waals surface area contributed by atoms with Gasteiger partial charge in [-0.1, -0.05) is 60.7 Å². The lowest BCUT2D eigenvalue weighted by molar-refractivity contribution is -0.134. The normalized spacial score (nSPS) is 15.0. The highest BCUT2D eigenvalue weighted by Gasteiger charge is 2.22. The number of carbonyl (C=O) groups is 1. The van der Waals surface area contributed by atoms with Crippen LogP contribution < -0.4 is 4.74 Å². The lowest BCUT2D eigenvalue weighted by Crippen LogP contribution is -2.05. The van der Waals surface area contributed by atoms with E-state index in [2.05, 4.69) is 10.2 Å². The molecule has 3 aromatic rings. The molecule has 0 unspecified atom stereocenters. The van der Waals surface area contributed by atoms with Gasteiger partial charge in [-0.2, -0.15) is 0 Å². The Morgan fingerprint density at radius 3 is 2.00 bits per heavy atom. The first-order valence-corrected chi connectivity index (χ1v) is 10.3. The summed E-state index contributed by atoms with van der Waals surface area (Å²) < 4.78 is 15.9. The molecule has 1 aliphatic rings. The van der Waals surface area contributed by atoms with Crippen molar-refractivity contribution in [1.29, 1.82) is 0 Å². The largest absolute Gasteiger partial charge is 0.497 e. The van der Waals surface area contributed by atoms with Crippen LogP contribution in [0.25, 0.3) is 5.76 Å². The van der Waals surface area contributed by atoms with Crippen LogP contribution in [-0.2, 0) is 14.3 Å². The van der Waals surface area contributed by atoms with E-state index in [1.807, 2.05) is 84.9 Å². The van der Waals surface area contributed by atoms with E-state index in [1.54, 1.807) is 13.2 Å². The zero-order valence-electron chi connectivity index (χ0n) is 18.3. The third kappa shape index (κ3) is 5.25. The van der Waals surface area contributed by atoms with Crippen molar-refractivity contribution in [2.45, 2.75) is 0 Å². The first-order valence-electron chi connectivity index (χ1n) is 10.3. The molecule has 4 rings (SSSR count). The van der Waals surface area contributed by atoms with Gasteiger partial charge in [0.2, 0.25) is 0 Å². The van der Waals surface area contributed by atoms with Crippen LogP contribution in [0.4, 0.5) is 0 Å². The molecule has 0 saturated heterocycles. The maximum absolute atomic E-state index is 11.9. The molecule has 0 radical (unpaired) electrons. The maximum atomic E-state index is 11.9. The minimum absolute atomic E-state index is 0.261. The Hall–Kier alpha value is -4.45. The Labute approximate surface area is 192 Å². The summed E-state index contributed by atoms with van der Waals surface area (Å²) in [5, 5.41) is 9.01. The van der Waals surface area contributed by atoms with E-state index in [9.17, 15) is 4.79 Å². The minimum Gasteiger partial charge on any atom is -0.497 e. The third-order valence-electron chi connectivity index (χ3n) is 4.92. The van der Waals surface area contributed by atoms with Crippen molar-refractivity contribution in [3.8, 4) is 5.75 Å². The number of hydrogen-bond acceptors (Lipinski definition) is 6. The quantitative estimate of drug-likeness (QED) is 0.235. The second-order valence-electron chi connectivity index (χ2n) is 7.04. The zero-order chi connectivity index (χ0) is 23.0. The van der Waals surface area contributed by atoms with E-state index in [0.717, 1.165) is 22.4 Å². The molecule has 0 N–H and O–H groups in total. The van der Waals surface area contributed by atoms with E-state index in [4.69, 9.17) is 14.2 Å². The molecule has 33 heavy (non-hydrogen) atoms. The van der Waals surface area contributed by atoms with Gasteiger partial charge in [-0.25, -0.2) is 4.79 Å². The fourth-order valence-corrected chi connectivity index (χ4v) is 3.22. The summed E-state index contributed by atoms with van der Waals surface area (Å²) in [4.78, 5) is 11.9. The van der Waals surface area contributed by atoms with E-state index >= 15 is 0 Å². The van der Waals surface area contributed by atoms with Crippen molar-refractivity contribution in [1.82, 2.24) is 0 Å². The molecule has 0 fully saturated rings. The second kappa shape index (κ2) is 10.2. The van der Waals surface area contributed by atoms with Crippen LogP contribution >= 0.6 is 0 Å². The Morgan fingerprint density at radius 2 is 1.45 bits per heavy atom. The zero-order valence-corrected chi connectivity index (χ0v) is 18.3. The molecule has 0 spiro atoms. The van der Waals surface area contributed by atoms with Gasteiger partial charge in [-0.05, 0) is 24.3 Å². The molecule has 3 aromatic carbocycles. The van der Waals surface area contributed by atoms with Gasteiger partial charge in [0, 0.05) is 22.8 Å². The van der Waals surface area contributed by atoms with E-state index < -0.39 is 5.97 Å². The van der Waals surface area contributed by atoms with Crippen molar-refractivity contribution < 1.29 is 19.0 Å². The van der Waals surface area contributed by atoms with Crippen LogP contribution in [0, 0.1) is 0 Å². The van der Waals surface area contributed by atoms with Gasteiger partial charge in [-0.15, -0.1) is 10.2 Å². The molecule has 0 atom stereocenters. The van der Waals surface area contributed by atoms with Gasteiger partial charge in [0.1, 0.15) is 22.9 Å². The van der Waals surface area contributed by atoms with Gasteiger partial charge in [0.05, 0.1) is 20.3 Å². The lowest BCUT2D eigenvalue weighted by Gasteiger charge is -2.06. The van der Waals surface area contributed by atoms with Crippen molar-refractivity contribution in [3.63, 3.8) is 0 Å². The van der Waals surface area contributed by atoms with Crippen molar-refractivity contribution in [3.05, 3.63) is 120 Å². The first kappa shape index (κ1) is 21.8. The van der Waals surface area contributed by atoms with Gasteiger partial charge >= 0.3 is 5.97 Å². The number of carbonyl (C=O) groups excluding carboxylic acids is 1. The van der Waals surface area contributed by atoms with Crippen LogP contribution in [0.1, 0.15) is 16.7 Å². The molecule has 0 aromatic heterocycles. The summed E-state index contributed by atoms with van der Waals surface area (Å²) in [6.07, 6.45) is 3.00. The van der Waals surface area contributed by atoms with Crippen LogP contribution in [0.15, 0.2) is 113 Å². The highest BCUT2D eigenvalue weighted by molar-refractivity contribution is 6.17. The molecule has 164 valence electrons. The number of ether oxygens (including phenoxy) is 3. The van der Waals surface area contributed by atoms with E-state index in [-0.39, 0.29) is 5.76 Å². The standard InChI is InChI=1S/C27H22N2O4/c1-31-22-15-13-19(14-16-22)24-17-23(25(33-24)18-26(30)32-2)28-29-27(20-9-5-3-6-10-20)21-11-7-4-8-12-21/h3-18H,1-2H3. The van der Waals surface area contributed by atoms with Crippen LogP contribution in [0.2, 0.25) is 0 Å². The van der Waals surface area contributed by atoms with Gasteiger partial charge in [-0.3, -0.25) is 0 Å². The number of nitrogens with zero attached hydrogens (tertiary/aromatic N) is 2. The summed E-state index contributed by atoms with van der Waals surface area (Å²) in [7, 11) is 2.92. The predicted molar refractivity (Wildman–Crippen MR) is 128 cm³/mol. The Balaban J connectivity index is 1.77. The Bertz CT molecular complexity index is 1200. The highest BCUT2D eigenvalue weighted by atomic mass is 16.5. The number of benzene rings is 3. The molecular formula is C27H22N2O4. The molecule has 6 heteroatoms. The van der Waals surface area contributed by atoms with E-state index in [0.29, 0.717) is 17.2 Å². The SMILES string of the molecule is COC(=O)C=C1OC(c2ccc(OC)cc2)=CC1=NN=C(c1ccccc1)c1ccccc1. The molecule has 6 nitrogen and oxygen atoms in total. The fourth-order valence-electron chi connectivity index (χ4n) is 3.22. The summed E-state index contributed by atoms with van der Waals surface area (Å²) >= 11 is 0. The summed E-state index contributed by atoms with van der Waals surface area (Å²) in [5.41, 5.74) is 3.77. The molecule has 0 amide bonds. The number of rotatable bonds is 6. The first-order chi connectivity index (χ1) is 16.2. The smallest absolute Gasteiger partial charge is 0.334 e. The van der Waals surface area contributed by atoms with Crippen LogP contribution in [0.3, 0.4) is 0 Å². The number of hydrogen-bond donors (Lipinski definition) is 0. The molecular weight excluding hydrogens is 416 g/mol. The summed E-state index contributed by atoms with van der Waals surface area (Å²) in [6.45, 7) is 0. The van der Waals surface area contributed by atoms with E-state index in [1.165, 1.54) is 13.2 Å². The monoisotopic (exact) mass is 438 g/mol. The topological polar surface area (TPSA) is 69.5 Å². The highest BCUT2D eigenvalue weighted by Crippen LogP contribution is 2.29. The molecule has 1 aliphatic heterocycles. The Kier molecular flexibility index (Phi) is 6.75. The van der Waals surface area contributed by atoms with Gasteiger partial charge < -0.3 is 14.2 Å². The maximum Gasteiger partial charge on any atom is 0.334 e. The molecule has 0 aliphatic carbocycles. The van der Waals surface area contributed by atoms with Gasteiger partial charge in [0.15, 0.2) is 5.76 Å². The van der Waals surface area contributed by atoms with Gasteiger partial charge in [0.25, 0.3) is 0 Å².